The van der Waals surface area contributed by atoms with Crippen LogP contribution in [0.3, 0.4) is 0 Å². The highest BCUT2D eigenvalue weighted by atomic mass is 35.5. The predicted octanol–water partition coefficient (Wildman–Crippen LogP) is 2.64. The van der Waals surface area contributed by atoms with Crippen LogP contribution in [0.4, 0.5) is 0 Å². The van der Waals surface area contributed by atoms with Gasteiger partial charge in [0, 0.05) is 43.7 Å². The fourth-order valence-electron chi connectivity index (χ4n) is 2.17. The molecule has 1 atom stereocenters. The molecule has 0 bridgehead atoms. The van der Waals surface area contributed by atoms with Crippen molar-refractivity contribution in [1.29, 1.82) is 0 Å². The van der Waals surface area contributed by atoms with E-state index in [0.29, 0.717) is 6.04 Å². The summed E-state index contributed by atoms with van der Waals surface area (Å²) in [4.78, 5) is 2.57. The molecule has 18 heavy (non-hydrogen) atoms. The molecule has 1 fully saturated rings. The highest BCUT2D eigenvalue weighted by Crippen LogP contribution is 2.12. The van der Waals surface area contributed by atoms with Crippen LogP contribution in [0.25, 0.3) is 0 Å². The highest BCUT2D eigenvalue weighted by Gasteiger charge is 2.14. The second-order valence-corrected chi connectivity index (χ2v) is 5.80. The number of rotatable bonds is 5. The van der Waals surface area contributed by atoms with Crippen LogP contribution in [0, 0.1) is 0 Å². The van der Waals surface area contributed by atoms with Gasteiger partial charge in [-0.3, -0.25) is 4.90 Å². The second kappa shape index (κ2) is 8.81. The van der Waals surface area contributed by atoms with Crippen molar-refractivity contribution < 1.29 is 0 Å². The summed E-state index contributed by atoms with van der Waals surface area (Å²) in [5.74, 6) is 2.38. The quantitative estimate of drug-likeness (QED) is 0.838. The van der Waals surface area contributed by atoms with Crippen LogP contribution >= 0.6 is 24.2 Å². The molecule has 0 aromatic heterocycles. The smallest absolute Gasteiger partial charge is 0.0185 e. The lowest BCUT2D eigenvalue weighted by molar-refractivity contribution is 0.218. The minimum Gasteiger partial charge on any atom is -0.312 e. The average Bonchev–Trinajstić information content (AvgIpc) is 2.36. The summed E-state index contributed by atoms with van der Waals surface area (Å²) in [6, 6.07) is 11.4. The van der Waals surface area contributed by atoms with Crippen LogP contribution in [0.1, 0.15) is 12.5 Å². The molecule has 0 radical (unpaired) electrons. The Kier molecular flexibility index (Phi) is 7.75. The molecule has 0 amide bonds. The molecule has 1 N–H and O–H groups in total. The van der Waals surface area contributed by atoms with Crippen molar-refractivity contribution in [2.45, 2.75) is 18.7 Å². The van der Waals surface area contributed by atoms with Gasteiger partial charge in [-0.2, -0.15) is 11.8 Å². The van der Waals surface area contributed by atoms with Gasteiger partial charge >= 0.3 is 0 Å². The average molecular weight is 287 g/mol. The van der Waals surface area contributed by atoms with Gasteiger partial charge in [-0.1, -0.05) is 30.3 Å². The zero-order valence-corrected chi connectivity index (χ0v) is 12.6. The third-order valence-electron chi connectivity index (χ3n) is 3.12. The van der Waals surface area contributed by atoms with E-state index in [-0.39, 0.29) is 12.4 Å². The number of nitrogens with one attached hydrogen (secondary N) is 1. The lowest BCUT2D eigenvalue weighted by Gasteiger charge is -2.31. The first kappa shape index (κ1) is 15.8. The second-order valence-electron chi connectivity index (χ2n) is 4.69. The summed E-state index contributed by atoms with van der Waals surface area (Å²) < 4.78 is 0. The summed E-state index contributed by atoms with van der Waals surface area (Å²) in [5, 5.41) is 3.48. The van der Waals surface area contributed by atoms with Crippen molar-refractivity contribution in [1.82, 2.24) is 10.2 Å². The maximum Gasteiger partial charge on any atom is 0.0185 e. The molecule has 2 nitrogen and oxygen atoms in total. The monoisotopic (exact) mass is 286 g/mol. The molecule has 1 aliphatic heterocycles. The van der Waals surface area contributed by atoms with E-state index in [1.165, 1.54) is 31.0 Å². The Bertz CT molecular complexity index is 321. The van der Waals surface area contributed by atoms with Gasteiger partial charge < -0.3 is 5.32 Å². The van der Waals surface area contributed by atoms with Crippen LogP contribution in [0.2, 0.25) is 0 Å². The van der Waals surface area contributed by atoms with E-state index in [9.17, 15) is 0 Å². The first-order valence-corrected chi connectivity index (χ1v) is 7.57. The topological polar surface area (TPSA) is 15.3 Å². The number of hydrogen-bond donors (Lipinski definition) is 1. The van der Waals surface area contributed by atoms with Gasteiger partial charge in [0.15, 0.2) is 0 Å². The molecule has 0 saturated carbocycles. The maximum absolute atomic E-state index is 3.48. The largest absolute Gasteiger partial charge is 0.312 e. The minimum atomic E-state index is 0. The summed E-state index contributed by atoms with van der Waals surface area (Å²) in [6.45, 7) is 7.04. The molecule has 102 valence electrons. The molecule has 0 aliphatic carbocycles. The molecular formula is C14H23ClN2S. The Morgan fingerprint density at radius 3 is 2.83 bits per heavy atom. The van der Waals surface area contributed by atoms with Crippen LogP contribution in [0.5, 0.6) is 0 Å². The fourth-order valence-corrected chi connectivity index (χ4v) is 3.13. The fraction of sp³-hybridized carbons (Fsp3) is 0.571. The molecule has 2 rings (SSSR count). The summed E-state index contributed by atoms with van der Waals surface area (Å²) >= 11 is 2.04. The number of hydrogen-bond acceptors (Lipinski definition) is 3. The first-order valence-electron chi connectivity index (χ1n) is 6.42. The van der Waals surface area contributed by atoms with Gasteiger partial charge in [-0.25, -0.2) is 0 Å². The van der Waals surface area contributed by atoms with Crippen LogP contribution in [-0.2, 0) is 5.75 Å². The predicted molar refractivity (Wildman–Crippen MR) is 83.8 cm³/mol. The van der Waals surface area contributed by atoms with Gasteiger partial charge in [0.25, 0.3) is 0 Å². The highest BCUT2D eigenvalue weighted by molar-refractivity contribution is 7.98. The van der Waals surface area contributed by atoms with E-state index < -0.39 is 0 Å². The Morgan fingerprint density at radius 1 is 1.33 bits per heavy atom. The SMILES string of the molecule is C[C@@H]1CN(CCSCc2ccccc2)CCN1.Cl. The molecule has 0 unspecified atom stereocenters. The summed E-state index contributed by atoms with van der Waals surface area (Å²) in [5.41, 5.74) is 1.44. The van der Waals surface area contributed by atoms with E-state index >= 15 is 0 Å². The zero-order chi connectivity index (χ0) is 11.9. The maximum atomic E-state index is 3.48. The van der Waals surface area contributed by atoms with Crippen molar-refractivity contribution >= 4 is 24.2 Å². The molecule has 1 saturated heterocycles. The van der Waals surface area contributed by atoms with E-state index in [2.05, 4.69) is 47.5 Å². The summed E-state index contributed by atoms with van der Waals surface area (Å²) in [7, 11) is 0. The number of thioether (sulfide) groups is 1. The van der Waals surface area contributed by atoms with Crippen LogP contribution in [0.15, 0.2) is 30.3 Å². The van der Waals surface area contributed by atoms with Crippen LogP contribution < -0.4 is 5.32 Å². The molecule has 4 heteroatoms. The minimum absolute atomic E-state index is 0. The lowest BCUT2D eigenvalue weighted by atomic mass is 10.2. The van der Waals surface area contributed by atoms with E-state index in [0.717, 1.165) is 12.3 Å². The normalized spacial score (nSPS) is 20.4. The Hall–Kier alpha value is -0.220. The molecule has 0 spiro atoms. The lowest BCUT2D eigenvalue weighted by Crippen LogP contribution is -2.49. The number of nitrogens with zero attached hydrogens (tertiary/aromatic N) is 1. The number of benzene rings is 1. The van der Waals surface area contributed by atoms with E-state index in [1.54, 1.807) is 0 Å². The third kappa shape index (κ3) is 5.61. The summed E-state index contributed by atoms with van der Waals surface area (Å²) in [6.07, 6.45) is 0. The zero-order valence-electron chi connectivity index (χ0n) is 11.0. The first-order chi connectivity index (χ1) is 8.34. The standard InChI is InChI=1S/C14H22N2S.ClH/c1-13-11-16(8-7-15-13)9-10-17-12-14-5-3-2-4-6-14;/h2-6,13,15H,7-12H2,1H3;1H/t13-;/m1./s1. The van der Waals surface area contributed by atoms with Crippen molar-refractivity contribution in [3.8, 4) is 0 Å². The Labute approximate surface area is 121 Å². The van der Waals surface area contributed by atoms with Gasteiger partial charge in [0.2, 0.25) is 0 Å². The van der Waals surface area contributed by atoms with Gasteiger partial charge in [0.1, 0.15) is 0 Å². The van der Waals surface area contributed by atoms with Gasteiger partial charge in [0.05, 0.1) is 0 Å². The number of piperazine rings is 1. The van der Waals surface area contributed by atoms with Crippen molar-refractivity contribution in [2.75, 3.05) is 31.9 Å². The number of halogens is 1. The van der Waals surface area contributed by atoms with E-state index in [1.807, 2.05) is 11.8 Å². The molecule has 1 aromatic carbocycles. The molecule has 1 aliphatic rings. The van der Waals surface area contributed by atoms with Gasteiger partial charge in [-0.15, -0.1) is 12.4 Å². The van der Waals surface area contributed by atoms with Crippen LogP contribution in [-0.4, -0.2) is 42.9 Å². The van der Waals surface area contributed by atoms with E-state index in [4.69, 9.17) is 0 Å². The van der Waals surface area contributed by atoms with Crippen molar-refractivity contribution in [2.24, 2.45) is 0 Å². The molecular weight excluding hydrogens is 264 g/mol. The van der Waals surface area contributed by atoms with Gasteiger partial charge in [-0.05, 0) is 12.5 Å². The van der Waals surface area contributed by atoms with Crippen molar-refractivity contribution in [3.63, 3.8) is 0 Å². The molecule has 1 heterocycles. The Balaban J connectivity index is 0.00000162. The van der Waals surface area contributed by atoms with Crippen molar-refractivity contribution in [3.05, 3.63) is 35.9 Å². The Morgan fingerprint density at radius 2 is 2.11 bits per heavy atom. The molecule has 1 aromatic rings. The third-order valence-corrected chi connectivity index (χ3v) is 4.13.